The molecule has 19 heavy (non-hydrogen) atoms. The minimum absolute atomic E-state index is 0.197. The monoisotopic (exact) mass is 297 g/mol. The van der Waals surface area contributed by atoms with Crippen LogP contribution in [0.4, 0.5) is 13.2 Å². The summed E-state index contributed by atoms with van der Waals surface area (Å²) in [4.78, 5) is 0. The van der Waals surface area contributed by atoms with Gasteiger partial charge in [-0.05, 0) is 19.9 Å². The van der Waals surface area contributed by atoms with Crippen LogP contribution in [0.3, 0.4) is 0 Å². The highest BCUT2D eigenvalue weighted by Gasteiger charge is 2.40. The molecule has 1 atom stereocenters. The Morgan fingerprint density at radius 2 is 1.95 bits per heavy atom. The third kappa shape index (κ3) is 3.86. The molecule has 110 valence electrons. The Kier molecular flexibility index (Phi) is 5.67. The van der Waals surface area contributed by atoms with Crippen molar-refractivity contribution in [2.75, 3.05) is 6.54 Å². The van der Waals surface area contributed by atoms with Crippen LogP contribution in [0.15, 0.2) is 0 Å². The number of nitrogens with zero attached hydrogens (tertiary/aromatic N) is 2. The maximum atomic E-state index is 12.9. The summed E-state index contributed by atoms with van der Waals surface area (Å²) in [5.74, 6) is 0. The fourth-order valence-electron chi connectivity index (χ4n) is 1.96. The number of alkyl halides is 3. The van der Waals surface area contributed by atoms with Crippen molar-refractivity contribution >= 4 is 11.6 Å². The van der Waals surface area contributed by atoms with Gasteiger partial charge in [-0.1, -0.05) is 25.4 Å². The fraction of sp³-hybridized carbons (Fsp3) is 0.750. The second kappa shape index (κ2) is 6.61. The molecule has 0 aliphatic rings. The van der Waals surface area contributed by atoms with E-state index < -0.39 is 12.2 Å². The zero-order valence-electron chi connectivity index (χ0n) is 11.3. The van der Waals surface area contributed by atoms with Crippen molar-refractivity contribution < 1.29 is 13.2 Å². The number of aromatic nitrogens is 2. The molecule has 0 aliphatic heterocycles. The predicted octanol–water partition coefficient (Wildman–Crippen LogP) is 3.20. The van der Waals surface area contributed by atoms with E-state index in [0.29, 0.717) is 29.4 Å². The molecule has 0 amide bonds. The number of nitrogens with one attached hydrogen (secondary N) is 1. The summed E-state index contributed by atoms with van der Waals surface area (Å²) in [5.41, 5.74) is 1.10. The van der Waals surface area contributed by atoms with Gasteiger partial charge in [0.05, 0.1) is 16.4 Å². The molecule has 1 N–H and O–H groups in total. The molecule has 0 fully saturated rings. The molecule has 0 bridgehead atoms. The van der Waals surface area contributed by atoms with Crippen molar-refractivity contribution in [2.24, 2.45) is 0 Å². The lowest BCUT2D eigenvalue weighted by Gasteiger charge is -2.21. The molecule has 7 heteroatoms. The quantitative estimate of drug-likeness (QED) is 0.874. The van der Waals surface area contributed by atoms with Gasteiger partial charge in [-0.25, -0.2) is 0 Å². The fourth-order valence-corrected chi connectivity index (χ4v) is 2.30. The molecule has 1 rings (SSSR count). The molecule has 1 aromatic heterocycles. The first-order chi connectivity index (χ1) is 8.85. The first-order valence-corrected chi connectivity index (χ1v) is 6.76. The van der Waals surface area contributed by atoms with Crippen LogP contribution in [-0.2, 0) is 19.4 Å². The van der Waals surface area contributed by atoms with E-state index in [1.165, 1.54) is 0 Å². The largest absolute Gasteiger partial charge is 0.404 e. The van der Waals surface area contributed by atoms with Gasteiger partial charge in [-0.3, -0.25) is 4.68 Å². The van der Waals surface area contributed by atoms with E-state index in [1.54, 1.807) is 11.6 Å². The Morgan fingerprint density at radius 3 is 2.37 bits per heavy atom. The van der Waals surface area contributed by atoms with Gasteiger partial charge in [0.2, 0.25) is 0 Å². The molecular weight excluding hydrogens is 279 g/mol. The Bertz CT molecular complexity index is 415. The maximum Gasteiger partial charge on any atom is 0.404 e. The first-order valence-electron chi connectivity index (χ1n) is 6.39. The van der Waals surface area contributed by atoms with Crippen LogP contribution in [0.1, 0.15) is 32.2 Å². The minimum atomic E-state index is -4.30. The number of rotatable bonds is 6. The molecule has 0 aliphatic carbocycles. The number of aryl methyl sites for hydroxylation is 2. The van der Waals surface area contributed by atoms with E-state index in [0.717, 1.165) is 0 Å². The highest BCUT2D eigenvalue weighted by molar-refractivity contribution is 6.31. The van der Waals surface area contributed by atoms with Crippen LogP contribution < -0.4 is 5.32 Å². The number of halogens is 4. The summed E-state index contributed by atoms with van der Waals surface area (Å²) in [6.45, 7) is 6.12. The third-order valence-electron chi connectivity index (χ3n) is 2.94. The molecular formula is C12H19ClF3N3. The van der Waals surface area contributed by atoms with Crippen LogP contribution in [-0.4, -0.2) is 28.5 Å². The van der Waals surface area contributed by atoms with Crippen LogP contribution in [0.2, 0.25) is 5.02 Å². The zero-order valence-corrected chi connectivity index (χ0v) is 12.1. The summed E-state index contributed by atoms with van der Waals surface area (Å²) in [6.07, 6.45) is -3.89. The summed E-state index contributed by atoms with van der Waals surface area (Å²) < 4.78 is 40.3. The lowest BCUT2D eigenvalue weighted by atomic mass is 10.1. The SMILES string of the molecule is CCNC(Cc1c(Cl)c(CC)nn1CC)C(F)(F)F. The van der Waals surface area contributed by atoms with Gasteiger partial charge < -0.3 is 5.32 Å². The molecule has 1 aromatic rings. The predicted molar refractivity (Wildman–Crippen MR) is 69.5 cm³/mol. The molecule has 1 unspecified atom stereocenters. The van der Waals surface area contributed by atoms with Crippen molar-refractivity contribution in [3.8, 4) is 0 Å². The molecule has 3 nitrogen and oxygen atoms in total. The maximum absolute atomic E-state index is 12.9. The van der Waals surface area contributed by atoms with Gasteiger partial charge >= 0.3 is 6.18 Å². The highest BCUT2D eigenvalue weighted by atomic mass is 35.5. The molecule has 0 saturated carbocycles. The van der Waals surface area contributed by atoms with Gasteiger partial charge in [0, 0.05) is 13.0 Å². The standard InChI is InChI=1S/C12H19ClF3N3/c1-4-8-11(13)9(19(6-3)18-8)7-10(17-5-2)12(14,15)16/h10,17H,4-7H2,1-3H3. The van der Waals surface area contributed by atoms with Gasteiger partial charge in [0.15, 0.2) is 0 Å². The van der Waals surface area contributed by atoms with Crippen LogP contribution in [0.25, 0.3) is 0 Å². The van der Waals surface area contributed by atoms with E-state index in [4.69, 9.17) is 11.6 Å². The smallest absolute Gasteiger partial charge is 0.306 e. The summed E-state index contributed by atoms with van der Waals surface area (Å²) in [6, 6.07) is -1.60. The van der Waals surface area contributed by atoms with Crippen molar-refractivity contribution in [1.29, 1.82) is 0 Å². The molecule has 1 heterocycles. The van der Waals surface area contributed by atoms with Crippen molar-refractivity contribution in [2.45, 2.75) is 52.4 Å². The highest BCUT2D eigenvalue weighted by Crippen LogP contribution is 2.28. The molecule has 0 aromatic carbocycles. The van der Waals surface area contributed by atoms with Crippen LogP contribution in [0, 0.1) is 0 Å². The van der Waals surface area contributed by atoms with E-state index in [1.807, 2.05) is 13.8 Å². The van der Waals surface area contributed by atoms with Gasteiger partial charge in [0.25, 0.3) is 0 Å². The van der Waals surface area contributed by atoms with Crippen LogP contribution in [0.5, 0.6) is 0 Å². The summed E-state index contributed by atoms with van der Waals surface area (Å²) >= 11 is 6.12. The lowest BCUT2D eigenvalue weighted by Crippen LogP contribution is -2.44. The van der Waals surface area contributed by atoms with E-state index >= 15 is 0 Å². The average molecular weight is 298 g/mol. The summed E-state index contributed by atoms with van der Waals surface area (Å²) in [5, 5.41) is 7.04. The van der Waals surface area contributed by atoms with E-state index in [9.17, 15) is 13.2 Å². The van der Waals surface area contributed by atoms with E-state index in [-0.39, 0.29) is 13.0 Å². The Morgan fingerprint density at radius 1 is 1.32 bits per heavy atom. The second-order valence-electron chi connectivity index (χ2n) is 4.23. The zero-order chi connectivity index (χ0) is 14.6. The molecule has 0 radical (unpaired) electrons. The first kappa shape index (κ1) is 16.3. The minimum Gasteiger partial charge on any atom is -0.306 e. The Hall–Kier alpha value is -0.750. The second-order valence-corrected chi connectivity index (χ2v) is 4.61. The molecule has 0 saturated heterocycles. The lowest BCUT2D eigenvalue weighted by molar-refractivity contribution is -0.155. The van der Waals surface area contributed by atoms with E-state index in [2.05, 4.69) is 10.4 Å². The number of hydrogen-bond acceptors (Lipinski definition) is 2. The van der Waals surface area contributed by atoms with Gasteiger partial charge in [0.1, 0.15) is 6.04 Å². The van der Waals surface area contributed by atoms with Crippen molar-refractivity contribution in [3.63, 3.8) is 0 Å². The van der Waals surface area contributed by atoms with Crippen molar-refractivity contribution in [1.82, 2.24) is 15.1 Å². The van der Waals surface area contributed by atoms with Crippen LogP contribution >= 0.6 is 11.6 Å². The number of hydrogen-bond donors (Lipinski definition) is 1. The topological polar surface area (TPSA) is 29.9 Å². The summed E-state index contributed by atoms with van der Waals surface area (Å²) in [7, 11) is 0. The average Bonchev–Trinajstić information content (AvgIpc) is 2.64. The van der Waals surface area contributed by atoms with Gasteiger partial charge in [-0.2, -0.15) is 18.3 Å². The number of likely N-dealkylation sites (N-methyl/N-ethyl adjacent to an activating group) is 1. The Labute approximate surface area is 116 Å². The molecule has 0 spiro atoms. The van der Waals surface area contributed by atoms with Gasteiger partial charge in [-0.15, -0.1) is 0 Å². The Balaban J connectivity index is 3.05. The third-order valence-corrected chi connectivity index (χ3v) is 3.37. The normalized spacial score (nSPS) is 13.8. The van der Waals surface area contributed by atoms with Crippen molar-refractivity contribution in [3.05, 3.63) is 16.4 Å².